The lowest BCUT2D eigenvalue weighted by Crippen LogP contribution is -2.28. The van der Waals surface area contributed by atoms with E-state index in [4.69, 9.17) is 4.98 Å². The van der Waals surface area contributed by atoms with Crippen LogP contribution in [0.4, 0.5) is 14.5 Å². The van der Waals surface area contributed by atoms with Crippen molar-refractivity contribution < 1.29 is 13.6 Å². The number of fused-ring (bicyclic) bond motifs is 2. The number of halogens is 2. The van der Waals surface area contributed by atoms with Gasteiger partial charge in [0.2, 0.25) is 5.91 Å². The Morgan fingerprint density at radius 3 is 2.59 bits per heavy atom. The number of carbonyl (C=O) groups is 1. The van der Waals surface area contributed by atoms with E-state index in [1.54, 1.807) is 48.9 Å². The second-order valence-corrected chi connectivity index (χ2v) is 9.68. The van der Waals surface area contributed by atoms with E-state index in [1.165, 1.54) is 18.2 Å². The Kier molecular flexibility index (Phi) is 5.39. The van der Waals surface area contributed by atoms with Gasteiger partial charge in [-0.1, -0.05) is 6.42 Å². The standard InChI is InChI=1S/C29H21F2N7O/c30-18-6-4-15(5-7-18)25-27-23(8-9-33-25)35-28(36-27)26-21-11-20(22(31)12-24(21)37-38-26)17-10-19(14-32-13-17)34-29(39)16-2-1-3-16/h4-14,16H,1-3H2,(H,34,39)(H,35,36)(H,37,38). The van der Waals surface area contributed by atoms with Crippen LogP contribution in [-0.4, -0.2) is 36.0 Å². The van der Waals surface area contributed by atoms with E-state index in [-0.39, 0.29) is 17.6 Å². The molecule has 1 aliphatic carbocycles. The number of nitrogens with one attached hydrogen (secondary N) is 3. The first-order chi connectivity index (χ1) is 19.0. The number of aromatic nitrogens is 6. The molecule has 0 aliphatic heterocycles. The van der Waals surface area contributed by atoms with Gasteiger partial charge in [0.1, 0.15) is 22.8 Å². The van der Waals surface area contributed by atoms with Crippen LogP contribution >= 0.6 is 0 Å². The average Bonchev–Trinajstić information content (AvgIpc) is 3.51. The summed E-state index contributed by atoms with van der Waals surface area (Å²) in [5.74, 6) is -0.314. The van der Waals surface area contributed by atoms with Crippen LogP contribution in [0.1, 0.15) is 19.3 Å². The Bertz CT molecular complexity index is 1870. The van der Waals surface area contributed by atoms with E-state index >= 15 is 4.39 Å². The molecule has 4 heterocycles. The van der Waals surface area contributed by atoms with Gasteiger partial charge in [-0.25, -0.2) is 13.8 Å². The Hall–Kier alpha value is -4.99. The van der Waals surface area contributed by atoms with Crippen molar-refractivity contribution in [2.75, 3.05) is 5.32 Å². The molecule has 8 nitrogen and oxygen atoms in total. The molecule has 1 saturated carbocycles. The number of carbonyl (C=O) groups excluding carboxylic acids is 1. The van der Waals surface area contributed by atoms with Crippen molar-refractivity contribution in [3.8, 4) is 33.9 Å². The van der Waals surface area contributed by atoms with Crippen LogP contribution in [0.3, 0.4) is 0 Å². The molecule has 0 radical (unpaired) electrons. The maximum absolute atomic E-state index is 15.2. The van der Waals surface area contributed by atoms with E-state index in [2.05, 4.69) is 30.5 Å². The molecule has 0 spiro atoms. The molecule has 0 atom stereocenters. The zero-order chi connectivity index (χ0) is 26.5. The van der Waals surface area contributed by atoms with Crippen LogP contribution in [0.25, 0.3) is 55.8 Å². The third kappa shape index (κ3) is 4.10. The minimum atomic E-state index is -0.450. The summed E-state index contributed by atoms with van der Waals surface area (Å²) in [5, 5.41) is 10.9. The van der Waals surface area contributed by atoms with E-state index < -0.39 is 5.82 Å². The predicted octanol–water partition coefficient (Wildman–Crippen LogP) is 6.25. The molecule has 10 heteroatoms. The van der Waals surface area contributed by atoms with Crippen molar-refractivity contribution in [1.29, 1.82) is 0 Å². The summed E-state index contributed by atoms with van der Waals surface area (Å²) in [6, 6.07) is 12.7. The fourth-order valence-electron chi connectivity index (χ4n) is 4.88. The van der Waals surface area contributed by atoms with Crippen molar-refractivity contribution in [1.82, 2.24) is 30.1 Å². The Morgan fingerprint density at radius 1 is 0.949 bits per heavy atom. The molecule has 1 fully saturated rings. The quantitative estimate of drug-likeness (QED) is 0.248. The Morgan fingerprint density at radius 2 is 1.79 bits per heavy atom. The number of nitrogens with zero attached hydrogens (tertiary/aromatic N) is 4. The van der Waals surface area contributed by atoms with Crippen molar-refractivity contribution in [2.45, 2.75) is 19.3 Å². The topological polar surface area (TPSA) is 112 Å². The first-order valence-corrected chi connectivity index (χ1v) is 12.6. The molecule has 1 aliphatic rings. The van der Waals surface area contributed by atoms with Gasteiger partial charge in [-0.3, -0.25) is 19.9 Å². The number of benzene rings is 2. The molecule has 39 heavy (non-hydrogen) atoms. The number of aromatic amines is 2. The molecule has 4 aromatic heterocycles. The number of rotatable bonds is 5. The Balaban J connectivity index is 1.28. The normalized spacial score (nSPS) is 13.6. The molecule has 3 N–H and O–H groups in total. The molecular formula is C29H21F2N7O. The second-order valence-electron chi connectivity index (χ2n) is 9.68. The highest BCUT2D eigenvalue weighted by Crippen LogP contribution is 2.34. The van der Waals surface area contributed by atoms with E-state index in [1.807, 2.05) is 0 Å². The molecular weight excluding hydrogens is 500 g/mol. The van der Waals surface area contributed by atoms with Crippen molar-refractivity contribution in [2.24, 2.45) is 5.92 Å². The Labute approximate surface area is 220 Å². The molecule has 7 rings (SSSR count). The number of imidazole rings is 1. The molecule has 1 amide bonds. The highest BCUT2D eigenvalue weighted by molar-refractivity contribution is 5.98. The van der Waals surface area contributed by atoms with Gasteiger partial charge in [0.25, 0.3) is 0 Å². The second kappa shape index (κ2) is 9.09. The van der Waals surface area contributed by atoms with E-state index in [0.29, 0.717) is 50.4 Å². The maximum atomic E-state index is 15.2. The fraction of sp³-hybridized carbons (Fsp3) is 0.138. The zero-order valence-corrected chi connectivity index (χ0v) is 20.5. The van der Waals surface area contributed by atoms with Crippen LogP contribution in [0.5, 0.6) is 0 Å². The van der Waals surface area contributed by atoms with Crippen molar-refractivity contribution in [3.05, 3.63) is 78.8 Å². The predicted molar refractivity (Wildman–Crippen MR) is 144 cm³/mol. The number of amides is 1. The lowest BCUT2D eigenvalue weighted by molar-refractivity contribution is -0.122. The SMILES string of the molecule is O=C(Nc1cncc(-c2cc3c(-c4nc5c(-c6ccc(F)cc6)nccc5[nH]4)n[nH]c3cc2F)c1)C1CCC1. The summed E-state index contributed by atoms with van der Waals surface area (Å²) in [6.07, 6.45) is 7.60. The van der Waals surface area contributed by atoms with Crippen molar-refractivity contribution >= 4 is 33.5 Å². The van der Waals surface area contributed by atoms with Crippen LogP contribution in [0.2, 0.25) is 0 Å². The molecule has 0 saturated heterocycles. The van der Waals surface area contributed by atoms with Gasteiger partial charge in [-0.2, -0.15) is 5.10 Å². The largest absolute Gasteiger partial charge is 0.336 e. The van der Waals surface area contributed by atoms with Gasteiger partial charge in [0.05, 0.1) is 28.6 Å². The summed E-state index contributed by atoms with van der Waals surface area (Å²) in [4.78, 5) is 29.1. The summed E-state index contributed by atoms with van der Waals surface area (Å²) < 4.78 is 28.7. The number of hydrogen-bond donors (Lipinski definition) is 3. The van der Waals surface area contributed by atoms with Gasteiger partial charge < -0.3 is 10.3 Å². The molecule has 0 unspecified atom stereocenters. The molecule has 6 aromatic rings. The molecule has 0 bridgehead atoms. The van der Waals surface area contributed by atoms with Crippen LogP contribution in [-0.2, 0) is 4.79 Å². The summed E-state index contributed by atoms with van der Waals surface area (Å²) in [5.41, 5.74) is 5.06. The lowest BCUT2D eigenvalue weighted by Gasteiger charge is -2.24. The monoisotopic (exact) mass is 521 g/mol. The van der Waals surface area contributed by atoms with Gasteiger partial charge >= 0.3 is 0 Å². The first-order valence-electron chi connectivity index (χ1n) is 12.6. The van der Waals surface area contributed by atoms with E-state index in [9.17, 15) is 9.18 Å². The summed E-state index contributed by atoms with van der Waals surface area (Å²) >= 11 is 0. The third-order valence-corrected chi connectivity index (χ3v) is 7.19. The minimum absolute atomic E-state index is 0.0258. The highest BCUT2D eigenvalue weighted by Gasteiger charge is 2.25. The third-order valence-electron chi connectivity index (χ3n) is 7.19. The maximum Gasteiger partial charge on any atom is 0.227 e. The van der Waals surface area contributed by atoms with Crippen molar-refractivity contribution in [3.63, 3.8) is 0 Å². The number of H-pyrrole nitrogens is 2. The number of pyridine rings is 2. The van der Waals surface area contributed by atoms with Crippen LogP contribution < -0.4 is 5.32 Å². The number of hydrogen-bond acceptors (Lipinski definition) is 5. The lowest BCUT2D eigenvalue weighted by atomic mass is 9.85. The summed E-state index contributed by atoms with van der Waals surface area (Å²) in [7, 11) is 0. The average molecular weight is 522 g/mol. The minimum Gasteiger partial charge on any atom is -0.336 e. The van der Waals surface area contributed by atoms with E-state index in [0.717, 1.165) is 30.3 Å². The number of anilines is 1. The van der Waals surface area contributed by atoms with Crippen LogP contribution in [0, 0.1) is 17.6 Å². The van der Waals surface area contributed by atoms with Gasteiger partial charge in [0.15, 0.2) is 5.82 Å². The summed E-state index contributed by atoms with van der Waals surface area (Å²) in [6.45, 7) is 0. The smallest absolute Gasteiger partial charge is 0.227 e. The van der Waals surface area contributed by atoms with Crippen LogP contribution in [0.15, 0.2) is 67.1 Å². The first kappa shape index (κ1) is 23.2. The molecule has 2 aromatic carbocycles. The highest BCUT2D eigenvalue weighted by atomic mass is 19.1. The van der Waals surface area contributed by atoms with Gasteiger partial charge in [-0.15, -0.1) is 0 Å². The van der Waals surface area contributed by atoms with Gasteiger partial charge in [-0.05, 0) is 55.3 Å². The van der Waals surface area contributed by atoms with Gasteiger partial charge in [0, 0.05) is 46.5 Å². The zero-order valence-electron chi connectivity index (χ0n) is 20.5. The fourth-order valence-corrected chi connectivity index (χ4v) is 4.88. The molecule has 192 valence electrons.